The van der Waals surface area contributed by atoms with Crippen LogP contribution in [0.4, 0.5) is 5.69 Å². The highest BCUT2D eigenvalue weighted by Crippen LogP contribution is 2.23. The van der Waals surface area contributed by atoms with Crippen molar-refractivity contribution in [2.75, 3.05) is 37.6 Å². The zero-order chi connectivity index (χ0) is 16.2. The summed E-state index contributed by atoms with van der Waals surface area (Å²) in [7, 11) is 0. The summed E-state index contributed by atoms with van der Waals surface area (Å²) in [5.41, 5.74) is 1.15. The van der Waals surface area contributed by atoms with Crippen molar-refractivity contribution in [2.24, 2.45) is 0 Å². The number of likely N-dealkylation sites (tertiary alicyclic amines) is 1. The van der Waals surface area contributed by atoms with Crippen LogP contribution in [0.1, 0.15) is 33.1 Å². The number of anilines is 1. The van der Waals surface area contributed by atoms with E-state index in [1.165, 1.54) is 12.8 Å². The van der Waals surface area contributed by atoms with Crippen LogP contribution in [0.3, 0.4) is 0 Å². The van der Waals surface area contributed by atoms with Gasteiger partial charge in [0.25, 0.3) is 0 Å². The highest BCUT2D eigenvalue weighted by molar-refractivity contribution is 5.82. The van der Waals surface area contributed by atoms with Gasteiger partial charge in [0.2, 0.25) is 5.91 Å². The molecule has 0 N–H and O–H groups in total. The van der Waals surface area contributed by atoms with Crippen LogP contribution in [-0.4, -0.2) is 65.5 Å². The highest BCUT2D eigenvalue weighted by atomic mass is 16.2. The van der Waals surface area contributed by atoms with Gasteiger partial charge in [-0.15, -0.1) is 0 Å². The van der Waals surface area contributed by atoms with Crippen molar-refractivity contribution in [3.8, 4) is 0 Å². The molecule has 2 aliphatic heterocycles. The summed E-state index contributed by atoms with van der Waals surface area (Å²) in [6.45, 7) is 8.95. The molecule has 0 aliphatic carbocycles. The van der Waals surface area contributed by atoms with E-state index in [1.807, 2.05) is 12.3 Å². The van der Waals surface area contributed by atoms with Crippen molar-refractivity contribution in [1.29, 1.82) is 0 Å². The molecule has 3 rings (SSSR count). The summed E-state index contributed by atoms with van der Waals surface area (Å²) < 4.78 is 0. The second kappa shape index (κ2) is 7.30. The number of aromatic nitrogens is 1. The molecule has 0 aromatic carbocycles. The zero-order valence-corrected chi connectivity index (χ0v) is 14.3. The molecule has 2 saturated heterocycles. The summed E-state index contributed by atoms with van der Waals surface area (Å²) >= 11 is 0. The lowest BCUT2D eigenvalue weighted by Crippen LogP contribution is -2.59. The van der Waals surface area contributed by atoms with Crippen LogP contribution in [0.25, 0.3) is 0 Å². The molecular formula is C18H28N4O. The smallest absolute Gasteiger partial charge is 0.240 e. The predicted octanol–water partition coefficient (Wildman–Crippen LogP) is 1.99. The van der Waals surface area contributed by atoms with E-state index >= 15 is 0 Å². The molecular weight excluding hydrogens is 288 g/mol. The van der Waals surface area contributed by atoms with Crippen LogP contribution in [0.15, 0.2) is 24.5 Å². The Hall–Kier alpha value is -1.62. The molecule has 2 aliphatic rings. The Kier molecular flexibility index (Phi) is 5.16. The van der Waals surface area contributed by atoms with E-state index in [2.05, 4.69) is 39.6 Å². The Labute approximate surface area is 139 Å². The van der Waals surface area contributed by atoms with Crippen molar-refractivity contribution >= 4 is 11.6 Å². The molecule has 5 nitrogen and oxygen atoms in total. The summed E-state index contributed by atoms with van der Waals surface area (Å²) in [5.74, 6) is 0.338. The zero-order valence-electron chi connectivity index (χ0n) is 14.3. The Morgan fingerprint density at radius 1 is 1.30 bits per heavy atom. The molecule has 5 heteroatoms. The third-order valence-corrected chi connectivity index (χ3v) is 5.23. The lowest BCUT2D eigenvalue weighted by atomic mass is 9.99. The molecule has 0 radical (unpaired) electrons. The molecule has 1 unspecified atom stereocenters. The third kappa shape index (κ3) is 3.50. The third-order valence-electron chi connectivity index (χ3n) is 5.23. The minimum Gasteiger partial charge on any atom is -0.366 e. The van der Waals surface area contributed by atoms with Gasteiger partial charge in [-0.1, -0.05) is 13.3 Å². The Morgan fingerprint density at radius 2 is 2.17 bits per heavy atom. The van der Waals surface area contributed by atoms with Gasteiger partial charge in [-0.2, -0.15) is 0 Å². The minimum absolute atomic E-state index is 0.0983. The number of pyridine rings is 1. The number of carbonyl (C=O) groups excluding carboxylic acids is 1. The van der Waals surface area contributed by atoms with Crippen molar-refractivity contribution in [3.63, 3.8) is 0 Å². The maximum atomic E-state index is 13.0. The van der Waals surface area contributed by atoms with Gasteiger partial charge in [0.05, 0.1) is 17.9 Å². The first-order valence-electron chi connectivity index (χ1n) is 8.90. The number of hydrogen-bond donors (Lipinski definition) is 0. The van der Waals surface area contributed by atoms with E-state index < -0.39 is 0 Å². The number of likely N-dealkylation sites (N-methyl/N-ethyl adjacent to an activating group) is 1. The van der Waals surface area contributed by atoms with Crippen LogP contribution in [-0.2, 0) is 4.79 Å². The molecule has 0 spiro atoms. The first kappa shape index (κ1) is 16.2. The first-order chi connectivity index (χ1) is 11.2. The van der Waals surface area contributed by atoms with Gasteiger partial charge in [-0.25, -0.2) is 0 Å². The Morgan fingerprint density at radius 3 is 2.87 bits per heavy atom. The van der Waals surface area contributed by atoms with Crippen LogP contribution in [0.2, 0.25) is 0 Å². The fourth-order valence-corrected chi connectivity index (χ4v) is 3.90. The van der Waals surface area contributed by atoms with Gasteiger partial charge in [0.1, 0.15) is 0 Å². The topological polar surface area (TPSA) is 39.7 Å². The fraction of sp³-hybridized carbons (Fsp3) is 0.667. The summed E-state index contributed by atoms with van der Waals surface area (Å²) in [6, 6.07) is 4.41. The van der Waals surface area contributed by atoms with Gasteiger partial charge < -0.3 is 9.80 Å². The number of rotatable bonds is 3. The van der Waals surface area contributed by atoms with Gasteiger partial charge in [0, 0.05) is 31.9 Å². The molecule has 3 heterocycles. The molecule has 2 atom stereocenters. The number of piperidine rings is 1. The normalized spacial score (nSPS) is 26.3. The summed E-state index contributed by atoms with van der Waals surface area (Å²) in [5, 5.41) is 0. The highest BCUT2D eigenvalue weighted by Gasteiger charge is 2.35. The van der Waals surface area contributed by atoms with Gasteiger partial charge >= 0.3 is 0 Å². The molecule has 1 aromatic rings. The molecule has 23 heavy (non-hydrogen) atoms. The number of amides is 1. The average molecular weight is 316 g/mol. The molecule has 0 bridgehead atoms. The van der Waals surface area contributed by atoms with Crippen molar-refractivity contribution < 1.29 is 4.79 Å². The van der Waals surface area contributed by atoms with Gasteiger partial charge in [-0.05, 0) is 45.0 Å². The monoisotopic (exact) mass is 316 g/mol. The Balaban J connectivity index is 1.64. The maximum Gasteiger partial charge on any atom is 0.240 e. The quantitative estimate of drug-likeness (QED) is 0.855. The summed E-state index contributed by atoms with van der Waals surface area (Å²) in [6.07, 6.45) is 7.13. The number of carbonyl (C=O) groups is 1. The molecule has 1 aromatic heterocycles. The molecule has 2 fully saturated rings. The van der Waals surface area contributed by atoms with E-state index in [1.54, 1.807) is 6.20 Å². The van der Waals surface area contributed by atoms with Crippen LogP contribution < -0.4 is 4.90 Å². The van der Waals surface area contributed by atoms with Gasteiger partial charge in [-0.3, -0.25) is 14.7 Å². The van der Waals surface area contributed by atoms with Crippen molar-refractivity contribution in [1.82, 2.24) is 14.8 Å². The number of piperazine rings is 1. The standard InChI is InChI=1S/C18H28N4O/c1-3-20-10-5-4-8-17(20)18(23)22-12-11-21(14-15(22)2)16-7-6-9-19-13-16/h6-7,9,13,15,17H,3-5,8,10-12,14H2,1-2H3/t15?,17-/m0/s1. The average Bonchev–Trinajstić information content (AvgIpc) is 2.61. The Bertz CT molecular complexity index is 521. The molecule has 0 saturated carbocycles. The SMILES string of the molecule is CCN1CCCC[C@H]1C(=O)N1CCN(c2cccnc2)CC1C. The van der Waals surface area contributed by atoms with E-state index in [-0.39, 0.29) is 12.1 Å². The molecule has 126 valence electrons. The second-order valence-electron chi connectivity index (χ2n) is 6.68. The fourth-order valence-electron chi connectivity index (χ4n) is 3.90. The number of hydrogen-bond acceptors (Lipinski definition) is 4. The lowest BCUT2D eigenvalue weighted by molar-refractivity contribution is -0.140. The van der Waals surface area contributed by atoms with E-state index in [0.29, 0.717) is 5.91 Å². The van der Waals surface area contributed by atoms with Crippen LogP contribution >= 0.6 is 0 Å². The second-order valence-corrected chi connectivity index (χ2v) is 6.68. The largest absolute Gasteiger partial charge is 0.366 e. The van der Waals surface area contributed by atoms with Crippen LogP contribution in [0, 0.1) is 0 Å². The number of nitrogens with zero attached hydrogens (tertiary/aromatic N) is 4. The summed E-state index contributed by atoms with van der Waals surface area (Å²) in [4.78, 5) is 24.0. The molecule has 1 amide bonds. The van der Waals surface area contributed by atoms with E-state index in [0.717, 1.165) is 44.8 Å². The maximum absolute atomic E-state index is 13.0. The van der Waals surface area contributed by atoms with Crippen LogP contribution in [0.5, 0.6) is 0 Å². The first-order valence-corrected chi connectivity index (χ1v) is 8.90. The van der Waals surface area contributed by atoms with E-state index in [9.17, 15) is 4.79 Å². The predicted molar refractivity (Wildman–Crippen MR) is 92.5 cm³/mol. The lowest BCUT2D eigenvalue weighted by Gasteiger charge is -2.44. The minimum atomic E-state index is 0.0983. The van der Waals surface area contributed by atoms with E-state index in [4.69, 9.17) is 0 Å². The van der Waals surface area contributed by atoms with Crippen molar-refractivity contribution in [3.05, 3.63) is 24.5 Å². The van der Waals surface area contributed by atoms with Crippen molar-refractivity contribution in [2.45, 2.75) is 45.2 Å². The van der Waals surface area contributed by atoms with Gasteiger partial charge in [0.15, 0.2) is 0 Å².